The molecule has 1 aromatic heterocycles. The normalized spacial score (nSPS) is 11.8. The van der Waals surface area contributed by atoms with Crippen LogP contribution in [-0.4, -0.2) is 30.9 Å². The maximum absolute atomic E-state index is 13.1. The van der Waals surface area contributed by atoms with Crippen molar-refractivity contribution in [2.45, 2.75) is 12.4 Å². The first kappa shape index (κ1) is 21.3. The lowest BCUT2D eigenvalue weighted by atomic mass is 10.1. The van der Waals surface area contributed by atoms with Crippen LogP contribution in [0.5, 0.6) is 5.75 Å². The van der Waals surface area contributed by atoms with Gasteiger partial charge in [0.05, 0.1) is 29.9 Å². The van der Waals surface area contributed by atoms with Gasteiger partial charge in [-0.3, -0.25) is 0 Å². The lowest BCUT2D eigenvalue weighted by Gasteiger charge is -2.27. The Morgan fingerprint density at radius 2 is 1.79 bits per heavy atom. The number of halogens is 7. The number of pyridine rings is 1. The number of hydrogen-bond acceptors (Lipinski definition) is 4. The molecule has 0 N–H and O–H groups in total. The average Bonchev–Trinajstić information content (AvgIpc) is 2.60. The van der Waals surface area contributed by atoms with Crippen LogP contribution in [0.2, 0.25) is 0 Å². The molecule has 0 saturated carbocycles. The molecule has 0 aliphatic rings. The number of ether oxygens (including phenoxy) is 1. The van der Waals surface area contributed by atoms with Gasteiger partial charge in [0.15, 0.2) is 0 Å². The highest BCUT2D eigenvalue weighted by atomic mass is 19.4. The SMILES string of the molecule is N#Cc1ccc(N(CCOc2ccc(F)nc2)CC(F)(F)F)cc1C(F)(F)F. The maximum Gasteiger partial charge on any atom is 0.417 e. The summed E-state index contributed by atoms with van der Waals surface area (Å²) in [5.41, 5.74) is -2.40. The third-order valence-corrected chi connectivity index (χ3v) is 3.49. The van der Waals surface area contributed by atoms with Crippen molar-refractivity contribution >= 4 is 5.69 Å². The van der Waals surface area contributed by atoms with Crippen LogP contribution in [0.1, 0.15) is 11.1 Å². The molecule has 28 heavy (non-hydrogen) atoms. The summed E-state index contributed by atoms with van der Waals surface area (Å²) in [5.74, 6) is -0.688. The predicted molar refractivity (Wildman–Crippen MR) is 84.1 cm³/mol. The number of benzene rings is 1. The minimum Gasteiger partial charge on any atom is -0.490 e. The van der Waals surface area contributed by atoms with Crippen molar-refractivity contribution in [2.75, 3.05) is 24.6 Å². The molecule has 150 valence electrons. The van der Waals surface area contributed by atoms with E-state index in [0.717, 1.165) is 24.4 Å². The summed E-state index contributed by atoms with van der Waals surface area (Å²) >= 11 is 0. The summed E-state index contributed by atoms with van der Waals surface area (Å²) in [6.45, 7) is -2.27. The predicted octanol–water partition coefficient (Wildman–Crippen LogP) is 4.56. The fourth-order valence-electron chi connectivity index (χ4n) is 2.30. The number of nitriles is 1. The number of alkyl halides is 6. The van der Waals surface area contributed by atoms with Gasteiger partial charge >= 0.3 is 12.4 Å². The van der Waals surface area contributed by atoms with Gasteiger partial charge in [0, 0.05) is 5.69 Å². The van der Waals surface area contributed by atoms with Gasteiger partial charge in [-0.05, 0) is 30.3 Å². The Bertz CT molecular complexity index is 842. The highest BCUT2D eigenvalue weighted by Gasteiger charge is 2.36. The van der Waals surface area contributed by atoms with Crippen LogP contribution in [0, 0.1) is 17.3 Å². The van der Waals surface area contributed by atoms with Crippen molar-refractivity contribution in [1.29, 1.82) is 5.26 Å². The van der Waals surface area contributed by atoms with Crippen LogP contribution in [-0.2, 0) is 6.18 Å². The Labute approximate surface area is 154 Å². The van der Waals surface area contributed by atoms with Crippen LogP contribution >= 0.6 is 0 Å². The first-order valence-electron chi connectivity index (χ1n) is 7.67. The zero-order chi connectivity index (χ0) is 20.9. The molecule has 2 rings (SSSR count). The van der Waals surface area contributed by atoms with Crippen molar-refractivity contribution in [1.82, 2.24) is 4.98 Å². The largest absolute Gasteiger partial charge is 0.490 e. The van der Waals surface area contributed by atoms with Gasteiger partial charge < -0.3 is 9.64 Å². The molecule has 0 aliphatic carbocycles. The number of nitrogens with zero attached hydrogens (tertiary/aromatic N) is 3. The molecule has 0 atom stereocenters. The summed E-state index contributed by atoms with van der Waals surface area (Å²) in [6.07, 6.45) is -8.57. The smallest absolute Gasteiger partial charge is 0.417 e. The van der Waals surface area contributed by atoms with Crippen LogP contribution in [0.25, 0.3) is 0 Å². The molecule has 0 radical (unpaired) electrons. The molecule has 0 unspecified atom stereocenters. The first-order valence-corrected chi connectivity index (χ1v) is 7.67. The van der Waals surface area contributed by atoms with E-state index < -0.39 is 42.5 Å². The molecule has 0 bridgehead atoms. The van der Waals surface area contributed by atoms with Crippen molar-refractivity contribution in [3.63, 3.8) is 0 Å². The fourth-order valence-corrected chi connectivity index (χ4v) is 2.30. The lowest BCUT2D eigenvalue weighted by Crippen LogP contribution is -2.37. The van der Waals surface area contributed by atoms with Crippen LogP contribution in [0.15, 0.2) is 36.5 Å². The Hall–Kier alpha value is -3.03. The van der Waals surface area contributed by atoms with E-state index in [0.29, 0.717) is 11.0 Å². The van der Waals surface area contributed by atoms with Crippen molar-refractivity contribution in [3.8, 4) is 11.8 Å². The summed E-state index contributed by atoms with van der Waals surface area (Å²) < 4.78 is 95.7. The van der Waals surface area contributed by atoms with Gasteiger partial charge in [0.2, 0.25) is 5.95 Å². The van der Waals surface area contributed by atoms with E-state index in [1.165, 1.54) is 12.1 Å². The van der Waals surface area contributed by atoms with E-state index in [-0.39, 0.29) is 18.0 Å². The third-order valence-electron chi connectivity index (χ3n) is 3.49. The van der Waals surface area contributed by atoms with Crippen molar-refractivity contribution in [2.24, 2.45) is 0 Å². The van der Waals surface area contributed by atoms with Gasteiger partial charge in [-0.25, -0.2) is 4.98 Å². The zero-order valence-electron chi connectivity index (χ0n) is 14.0. The zero-order valence-corrected chi connectivity index (χ0v) is 14.0. The first-order chi connectivity index (χ1) is 13.0. The van der Waals surface area contributed by atoms with E-state index in [9.17, 15) is 30.7 Å². The molecular formula is C17H12F7N3O. The Kier molecular flexibility index (Phi) is 6.33. The number of hydrogen-bond donors (Lipinski definition) is 0. The molecule has 0 spiro atoms. The molecule has 11 heteroatoms. The second-order valence-electron chi connectivity index (χ2n) is 5.54. The summed E-state index contributed by atoms with van der Waals surface area (Å²) in [4.78, 5) is 3.96. The summed E-state index contributed by atoms with van der Waals surface area (Å²) in [7, 11) is 0. The fraction of sp³-hybridized carbons (Fsp3) is 0.294. The molecule has 2 aromatic rings. The molecule has 1 heterocycles. The van der Waals surface area contributed by atoms with E-state index in [1.807, 2.05) is 0 Å². The minimum atomic E-state index is -4.90. The quantitative estimate of drug-likeness (QED) is 0.521. The van der Waals surface area contributed by atoms with Crippen molar-refractivity contribution in [3.05, 3.63) is 53.6 Å². The monoisotopic (exact) mass is 407 g/mol. The second-order valence-corrected chi connectivity index (χ2v) is 5.54. The van der Waals surface area contributed by atoms with Gasteiger partial charge in [0.25, 0.3) is 0 Å². The van der Waals surface area contributed by atoms with Gasteiger partial charge in [-0.2, -0.15) is 36.0 Å². The highest BCUT2D eigenvalue weighted by molar-refractivity contribution is 5.55. The molecule has 1 aromatic carbocycles. The molecule has 0 fully saturated rings. The summed E-state index contributed by atoms with van der Waals surface area (Å²) in [5, 5.41) is 8.79. The molecule has 4 nitrogen and oxygen atoms in total. The van der Waals surface area contributed by atoms with Crippen LogP contribution in [0.3, 0.4) is 0 Å². The lowest BCUT2D eigenvalue weighted by molar-refractivity contribution is -0.137. The number of anilines is 1. The average molecular weight is 407 g/mol. The van der Waals surface area contributed by atoms with E-state index in [4.69, 9.17) is 10.00 Å². The topological polar surface area (TPSA) is 49.2 Å². The Morgan fingerprint density at radius 3 is 2.32 bits per heavy atom. The van der Waals surface area contributed by atoms with Gasteiger partial charge in [0.1, 0.15) is 18.9 Å². The second kappa shape index (κ2) is 8.33. The molecule has 0 saturated heterocycles. The van der Waals surface area contributed by atoms with Gasteiger partial charge in [-0.15, -0.1) is 0 Å². The number of rotatable bonds is 6. The van der Waals surface area contributed by atoms with Crippen LogP contribution in [0.4, 0.5) is 36.4 Å². The van der Waals surface area contributed by atoms with Gasteiger partial charge in [-0.1, -0.05) is 0 Å². The van der Waals surface area contributed by atoms with E-state index in [1.54, 1.807) is 0 Å². The Morgan fingerprint density at radius 1 is 1.07 bits per heavy atom. The number of aromatic nitrogens is 1. The standard InChI is InChI=1S/C17H12F7N3O/c18-15-4-3-13(9-26-15)28-6-5-27(10-16(19,20)21)12-2-1-11(8-25)14(7-12)17(22,23)24/h1-4,7,9H,5-6,10H2. The maximum atomic E-state index is 13.1. The van der Waals surface area contributed by atoms with E-state index >= 15 is 0 Å². The van der Waals surface area contributed by atoms with Crippen LogP contribution < -0.4 is 9.64 Å². The minimum absolute atomic E-state index is 0.0872. The van der Waals surface area contributed by atoms with E-state index in [2.05, 4.69) is 4.98 Å². The van der Waals surface area contributed by atoms with Crippen molar-refractivity contribution < 1.29 is 35.5 Å². The molecule has 0 amide bonds. The highest BCUT2D eigenvalue weighted by Crippen LogP contribution is 2.35. The Balaban J connectivity index is 2.23. The molecular weight excluding hydrogens is 395 g/mol. The summed E-state index contributed by atoms with van der Waals surface area (Å²) in [6, 6.07) is 5.86. The molecule has 0 aliphatic heterocycles. The third kappa shape index (κ3) is 6.00.